The average Bonchev–Trinajstić information content (AvgIpc) is 2.55. The highest BCUT2D eigenvalue weighted by molar-refractivity contribution is 5.17. The third-order valence-corrected chi connectivity index (χ3v) is 4.40. The van der Waals surface area contributed by atoms with Crippen molar-refractivity contribution in [3.63, 3.8) is 0 Å². The van der Waals surface area contributed by atoms with Gasteiger partial charge in [-0.15, -0.1) is 0 Å². The molecule has 21 heavy (non-hydrogen) atoms. The molecule has 0 aliphatic carbocycles. The molecule has 2 aliphatic rings. The van der Waals surface area contributed by atoms with Gasteiger partial charge in [-0.25, -0.2) is 0 Å². The zero-order valence-corrected chi connectivity index (χ0v) is 12.3. The molecular formula is C16H24N2O3. The summed E-state index contributed by atoms with van der Waals surface area (Å²) >= 11 is 0. The van der Waals surface area contributed by atoms with Gasteiger partial charge in [-0.3, -0.25) is 4.90 Å². The molecular weight excluding hydrogens is 268 g/mol. The second kappa shape index (κ2) is 6.85. The standard InChI is InChI=1S/C16H24N2O3/c19-15(14-4-2-1-3-5-14)10-17-11-16-12-20-8-6-18(16)7-9-21-13-16/h1-5,15,17,19H,6-13H2/t15-/m1/s1. The number of morpholine rings is 2. The summed E-state index contributed by atoms with van der Waals surface area (Å²) in [4.78, 5) is 2.46. The van der Waals surface area contributed by atoms with Gasteiger partial charge in [0.25, 0.3) is 0 Å². The van der Waals surface area contributed by atoms with Crippen LogP contribution in [0, 0.1) is 0 Å². The molecule has 1 aromatic carbocycles. The number of aliphatic hydroxyl groups excluding tert-OH is 1. The van der Waals surface area contributed by atoms with Crippen molar-refractivity contribution in [2.75, 3.05) is 52.6 Å². The molecule has 0 bridgehead atoms. The Labute approximate surface area is 125 Å². The van der Waals surface area contributed by atoms with E-state index in [1.807, 2.05) is 30.3 Å². The van der Waals surface area contributed by atoms with Crippen LogP contribution in [0.3, 0.4) is 0 Å². The van der Waals surface area contributed by atoms with Gasteiger partial charge in [-0.05, 0) is 5.56 Å². The predicted molar refractivity (Wildman–Crippen MR) is 80.2 cm³/mol. The van der Waals surface area contributed by atoms with Gasteiger partial charge >= 0.3 is 0 Å². The Balaban J connectivity index is 1.54. The van der Waals surface area contributed by atoms with Gasteiger partial charge in [0.05, 0.1) is 38.1 Å². The molecule has 0 saturated carbocycles. The fourth-order valence-electron chi connectivity index (χ4n) is 3.13. The summed E-state index contributed by atoms with van der Waals surface area (Å²) in [6.45, 7) is 6.24. The lowest BCUT2D eigenvalue weighted by Gasteiger charge is -2.49. The molecule has 2 aliphatic heterocycles. The highest BCUT2D eigenvalue weighted by atomic mass is 16.5. The summed E-state index contributed by atoms with van der Waals surface area (Å²) in [6, 6.07) is 9.75. The molecule has 1 atom stereocenters. The van der Waals surface area contributed by atoms with Crippen molar-refractivity contribution in [2.45, 2.75) is 11.6 Å². The minimum atomic E-state index is -0.481. The van der Waals surface area contributed by atoms with Crippen molar-refractivity contribution in [1.29, 1.82) is 0 Å². The van der Waals surface area contributed by atoms with Crippen molar-refractivity contribution in [2.24, 2.45) is 0 Å². The van der Waals surface area contributed by atoms with Crippen molar-refractivity contribution in [1.82, 2.24) is 10.2 Å². The van der Waals surface area contributed by atoms with Crippen LogP contribution in [0.15, 0.2) is 30.3 Å². The highest BCUT2D eigenvalue weighted by Gasteiger charge is 2.41. The summed E-state index contributed by atoms with van der Waals surface area (Å²) in [5, 5.41) is 13.6. The SMILES string of the molecule is O[C@H](CNCC12COCCN1CCOC2)c1ccccc1. The summed E-state index contributed by atoms with van der Waals surface area (Å²) in [7, 11) is 0. The Morgan fingerprint density at radius 3 is 2.48 bits per heavy atom. The fourth-order valence-corrected chi connectivity index (χ4v) is 3.13. The molecule has 2 N–H and O–H groups in total. The Kier molecular flexibility index (Phi) is 4.87. The maximum atomic E-state index is 10.2. The zero-order chi connectivity index (χ0) is 14.5. The van der Waals surface area contributed by atoms with E-state index in [1.54, 1.807) is 0 Å². The first kappa shape index (κ1) is 14.9. The molecule has 1 aromatic rings. The smallest absolute Gasteiger partial charge is 0.0914 e. The maximum Gasteiger partial charge on any atom is 0.0914 e. The van der Waals surface area contributed by atoms with E-state index in [2.05, 4.69) is 10.2 Å². The van der Waals surface area contributed by atoms with Crippen LogP contribution in [0.4, 0.5) is 0 Å². The van der Waals surface area contributed by atoms with E-state index < -0.39 is 6.10 Å². The van der Waals surface area contributed by atoms with Gasteiger partial charge in [0.2, 0.25) is 0 Å². The Morgan fingerprint density at radius 2 is 1.81 bits per heavy atom. The molecule has 116 valence electrons. The number of hydrogen-bond acceptors (Lipinski definition) is 5. The quantitative estimate of drug-likeness (QED) is 0.823. The first-order chi connectivity index (χ1) is 10.3. The van der Waals surface area contributed by atoms with Gasteiger partial charge in [0.15, 0.2) is 0 Å². The van der Waals surface area contributed by atoms with Gasteiger partial charge < -0.3 is 19.9 Å². The van der Waals surface area contributed by atoms with E-state index in [0.29, 0.717) is 19.8 Å². The normalized spacial score (nSPS) is 23.5. The lowest BCUT2D eigenvalue weighted by atomic mass is 9.96. The van der Waals surface area contributed by atoms with Crippen LogP contribution in [-0.2, 0) is 9.47 Å². The molecule has 2 saturated heterocycles. The van der Waals surface area contributed by atoms with Crippen LogP contribution >= 0.6 is 0 Å². The first-order valence-electron chi connectivity index (χ1n) is 7.64. The van der Waals surface area contributed by atoms with Gasteiger partial charge in [0, 0.05) is 26.2 Å². The van der Waals surface area contributed by atoms with E-state index in [0.717, 1.165) is 38.4 Å². The lowest BCUT2D eigenvalue weighted by molar-refractivity contribution is -0.140. The van der Waals surface area contributed by atoms with Gasteiger partial charge in [0.1, 0.15) is 0 Å². The van der Waals surface area contributed by atoms with Crippen molar-refractivity contribution < 1.29 is 14.6 Å². The molecule has 2 heterocycles. The molecule has 5 heteroatoms. The minimum absolute atomic E-state index is 0.0765. The fraction of sp³-hybridized carbons (Fsp3) is 0.625. The monoisotopic (exact) mass is 292 g/mol. The molecule has 0 unspecified atom stereocenters. The molecule has 3 rings (SSSR count). The van der Waals surface area contributed by atoms with E-state index in [-0.39, 0.29) is 5.54 Å². The summed E-state index contributed by atoms with van der Waals surface area (Å²) in [6.07, 6.45) is -0.481. The number of benzene rings is 1. The second-order valence-electron chi connectivity index (χ2n) is 5.87. The number of fused-ring (bicyclic) bond motifs is 1. The van der Waals surface area contributed by atoms with Crippen molar-refractivity contribution >= 4 is 0 Å². The number of rotatable bonds is 5. The number of nitrogens with one attached hydrogen (secondary N) is 1. The Hall–Kier alpha value is -0.980. The topological polar surface area (TPSA) is 54.0 Å². The molecule has 0 aromatic heterocycles. The van der Waals surface area contributed by atoms with Crippen LogP contribution in [-0.4, -0.2) is 68.2 Å². The Bertz CT molecular complexity index is 428. The van der Waals surface area contributed by atoms with Crippen LogP contribution in [0.2, 0.25) is 0 Å². The Morgan fingerprint density at radius 1 is 1.14 bits per heavy atom. The number of hydrogen-bond donors (Lipinski definition) is 2. The highest BCUT2D eigenvalue weighted by Crippen LogP contribution is 2.23. The predicted octanol–water partition coefficient (Wildman–Crippen LogP) is 0.411. The van der Waals surface area contributed by atoms with Crippen LogP contribution < -0.4 is 5.32 Å². The largest absolute Gasteiger partial charge is 0.387 e. The van der Waals surface area contributed by atoms with E-state index >= 15 is 0 Å². The summed E-state index contributed by atoms with van der Waals surface area (Å²) < 4.78 is 11.3. The molecule has 2 fully saturated rings. The molecule has 5 nitrogen and oxygen atoms in total. The van der Waals surface area contributed by atoms with Gasteiger partial charge in [-0.2, -0.15) is 0 Å². The second-order valence-corrected chi connectivity index (χ2v) is 5.87. The minimum Gasteiger partial charge on any atom is -0.387 e. The molecule has 0 radical (unpaired) electrons. The lowest BCUT2D eigenvalue weighted by Crippen LogP contribution is -2.67. The van der Waals surface area contributed by atoms with Crippen LogP contribution in [0.25, 0.3) is 0 Å². The first-order valence-corrected chi connectivity index (χ1v) is 7.64. The number of nitrogens with zero attached hydrogens (tertiary/aromatic N) is 1. The zero-order valence-electron chi connectivity index (χ0n) is 12.3. The van der Waals surface area contributed by atoms with E-state index in [1.165, 1.54) is 0 Å². The van der Waals surface area contributed by atoms with E-state index in [4.69, 9.17) is 9.47 Å². The van der Waals surface area contributed by atoms with Gasteiger partial charge in [-0.1, -0.05) is 30.3 Å². The average molecular weight is 292 g/mol. The van der Waals surface area contributed by atoms with E-state index in [9.17, 15) is 5.11 Å². The molecule has 0 amide bonds. The maximum absolute atomic E-state index is 10.2. The van der Waals surface area contributed by atoms with Crippen molar-refractivity contribution in [3.05, 3.63) is 35.9 Å². The number of aliphatic hydroxyl groups is 1. The summed E-state index contributed by atoms with van der Waals surface area (Å²) in [5.41, 5.74) is 0.867. The van der Waals surface area contributed by atoms with Crippen LogP contribution in [0.5, 0.6) is 0 Å². The third-order valence-electron chi connectivity index (χ3n) is 4.40. The third kappa shape index (κ3) is 3.44. The number of ether oxygens (including phenoxy) is 2. The van der Waals surface area contributed by atoms with Crippen molar-refractivity contribution in [3.8, 4) is 0 Å². The summed E-state index contributed by atoms with van der Waals surface area (Å²) in [5.74, 6) is 0. The van der Waals surface area contributed by atoms with Crippen LogP contribution in [0.1, 0.15) is 11.7 Å². The molecule has 0 spiro atoms.